The molecule has 0 amide bonds. The number of pyridine rings is 1. The Morgan fingerprint density at radius 3 is 2.70 bits per heavy atom. The van der Waals surface area contributed by atoms with E-state index in [0.29, 0.717) is 0 Å². The Labute approximate surface area is 125 Å². The van der Waals surface area contributed by atoms with Crippen LogP contribution in [-0.2, 0) is 10.0 Å². The van der Waals surface area contributed by atoms with E-state index >= 15 is 0 Å². The zero-order chi connectivity index (χ0) is 14.8. The number of nitrogens with one attached hydrogen (secondary N) is 1. The predicted molar refractivity (Wildman–Crippen MR) is 77.1 cm³/mol. The number of hydrogen-bond acceptors (Lipinski definition) is 3. The molecule has 0 spiro atoms. The van der Waals surface area contributed by atoms with Crippen molar-refractivity contribution in [3.05, 3.63) is 58.6 Å². The van der Waals surface area contributed by atoms with Crippen LogP contribution in [0.1, 0.15) is 18.5 Å². The van der Waals surface area contributed by atoms with Gasteiger partial charge in [0.1, 0.15) is 5.82 Å². The maximum atomic E-state index is 13.4. The van der Waals surface area contributed by atoms with Crippen molar-refractivity contribution in [3.8, 4) is 0 Å². The number of sulfonamides is 1. The van der Waals surface area contributed by atoms with Crippen molar-refractivity contribution < 1.29 is 12.8 Å². The smallest absolute Gasteiger partial charge is 0.241 e. The van der Waals surface area contributed by atoms with Gasteiger partial charge in [-0.25, -0.2) is 17.5 Å². The molecular weight excluding hydrogens is 347 g/mol. The van der Waals surface area contributed by atoms with Crippen molar-refractivity contribution in [3.63, 3.8) is 0 Å². The molecule has 7 heteroatoms. The Hall–Kier alpha value is -1.31. The molecule has 2 aromatic rings. The monoisotopic (exact) mass is 358 g/mol. The van der Waals surface area contributed by atoms with E-state index in [1.807, 2.05) is 0 Å². The summed E-state index contributed by atoms with van der Waals surface area (Å²) < 4.78 is 40.5. The molecule has 0 bridgehead atoms. The molecule has 106 valence electrons. The molecule has 1 aromatic carbocycles. The average Bonchev–Trinajstić information content (AvgIpc) is 2.42. The first-order chi connectivity index (χ1) is 9.40. The fourth-order valence-corrected chi connectivity index (χ4v) is 3.13. The number of benzene rings is 1. The first-order valence-electron chi connectivity index (χ1n) is 5.77. The van der Waals surface area contributed by atoms with Crippen molar-refractivity contribution >= 4 is 26.0 Å². The van der Waals surface area contributed by atoms with Gasteiger partial charge in [-0.1, -0.05) is 6.07 Å². The largest absolute Gasteiger partial charge is 0.264 e. The summed E-state index contributed by atoms with van der Waals surface area (Å²) in [5, 5.41) is 0. The lowest BCUT2D eigenvalue weighted by Gasteiger charge is -2.14. The Morgan fingerprint density at radius 1 is 1.35 bits per heavy atom. The zero-order valence-electron chi connectivity index (χ0n) is 10.5. The minimum atomic E-state index is -3.79. The summed E-state index contributed by atoms with van der Waals surface area (Å²) in [7, 11) is -3.79. The molecule has 0 saturated heterocycles. The summed E-state index contributed by atoms with van der Waals surface area (Å²) in [6.07, 6.45) is 3.18. The van der Waals surface area contributed by atoms with Crippen molar-refractivity contribution in [2.45, 2.75) is 17.9 Å². The molecule has 1 atom stereocenters. The molecule has 0 saturated carbocycles. The third kappa shape index (κ3) is 3.41. The zero-order valence-corrected chi connectivity index (χ0v) is 12.9. The summed E-state index contributed by atoms with van der Waals surface area (Å²) in [4.78, 5) is 3.82. The quantitative estimate of drug-likeness (QED) is 0.913. The Morgan fingerprint density at radius 2 is 2.10 bits per heavy atom. The number of halogens is 2. The van der Waals surface area contributed by atoms with E-state index < -0.39 is 21.9 Å². The number of nitrogens with zero attached hydrogens (tertiary/aromatic N) is 1. The number of rotatable bonds is 4. The van der Waals surface area contributed by atoms with Crippen molar-refractivity contribution in [2.75, 3.05) is 0 Å². The van der Waals surface area contributed by atoms with E-state index in [-0.39, 0.29) is 9.37 Å². The SMILES string of the molecule is CC(NS(=O)(=O)c1ccc(Br)c(F)c1)c1cccnc1. The fourth-order valence-electron chi connectivity index (χ4n) is 1.64. The molecule has 1 aromatic heterocycles. The molecule has 1 unspecified atom stereocenters. The molecule has 0 fully saturated rings. The Balaban J connectivity index is 2.25. The lowest BCUT2D eigenvalue weighted by Crippen LogP contribution is -2.27. The van der Waals surface area contributed by atoms with Crippen LogP contribution in [-0.4, -0.2) is 13.4 Å². The second kappa shape index (κ2) is 5.99. The molecular formula is C13H12BrFN2O2S. The second-order valence-corrected chi connectivity index (χ2v) is 6.77. The summed E-state index contributed by atoms with van der Waals surface area (Å²) >= 11 is 2.99. The first-order valence-corrected chi connectivity index (χ1v) is 8.05. The average molecular weight is 359 g/mol. The Kier molecular flexibility index (Phi) is 4.52. The second-order valence-electron chi connectivity index (χ2n) is 4.21. The summed E-state index contributed by atoms with van der Waals surface area (Å²) in [6, 6.07) is 6.70. The van der Waals surface area contributed by atoms with Crippen molar-refractivity contribution in [1.82, 2.24) is 9.71 Å². The van der Waals surface area contributed by atoms with Crippen LogP contribution in [0.15, 0.2) is 52.1 Å². The van der Waals surface area contributed by atoms with Crippen LogP contribution in [0.5, 0.6) is 0 Å². The Bertz CT molecular complexity index is 708. The highest BCUT2D eigenvalue weighted by Gasteiger charge is 2.19. The van der Waals surface area contributed by atoms with E-state index in [2.05, 4.69) is 25.6 Å². The standard InChI is InChI=1S/C13H12BrFN2O2S/c1-9(10-3-2-6-16-8-10)17-20(18,19)11-4-5-12(14)13(15)7-11/h2-9,17H,1H3. The van der Waals surface area contributed by atoms with Gasteiger partial charge in [0, 0.05) is 18.4 Å². The summed E-state index contributed by atoms with van der Waals surface area (Å²) in [5.74, 6) is -0.623. The number of hydrogen-bond donors (Lipinski definition) is 1. The molecule has 0 radical (unpaired) electrons. The predicted octanol–water partition coefficient (Wildman–Crippen LogP) is 3.02. The van der Waals surface area contributed by atoms with Crippen LogP contribution >= 0.6 is 15.9 Å². The van der Waals surface area contributed by atoms with E-state index in [0.717, 1.165) is 11.6 Å². The van der Waals surface area contributed by atoms with Crippen molar-refractivity contribution in [2.24, 2.45) is 0 Å². The van der Waals surface area contributed by atoms with E-state index in [9.17, 15) is 12.8 Å². The first kappa shape index (κ1) is 15.1. The van der Waals surface area contributed by atoms with Gasteiger partial charge in [-0.05, 0) is 52.7 Å². The maximum absolute atomic E-state index is 13.4. The highest BCUT2D eigenvalue weighted by Crippen LogP contribution is 2.21. The van der Waals surface area contributed by atoms with Crippen LogP contribution < -0.4 is 4.72 Å². The molecule has 0 aliphatic carbocycles. The van der Waals surface area contributed by atoms with E-state index in [1.54, 1.807) is 31.5 Å². The third-order valence-corrected chi connectivity index (χ3v) is 4.90. The molecule has 2 rings (SSSR count). The van der Waals surface area contributed by atoms with Crippen LogP contribution in [0.2, 0.25) is 0 Å². The minimum Gasteiger partial charge on any atom is -0.264 e. The number of aromatic nitrogens is 1. The van der Waals surface area contributed by atoms with Gasteiger partial charge < -0.3 is 0 Å². The van der Waals surface area contributed by atoms with E-state index in [1.165, 1.54) is 12.1 Å². The molecule has 4 nitrogen and oxygen atoms in total. The minimum absolute atomic E-state index is 0.117. The lowest BCUT2D eigenvalue weighted by molar-refractivity contribution is 0.563. The summed E-state index contributed by atoms with van der Waals surface area (Å²) in [5.41, 5.74) is 0.730. The summed E-state index contributed by atoms with van der Waals surface area (Å²) in [6.45, 7) is 1.70. The van der Waals surface area contributed by atoms with Crippen LogP contribution in [0.4, 0.5) is 4.39 Å². The van der Waals surface area contributed by atoms with Gasteiger partial charge in [0.25, 0.3) is 0 Å². The van der Waals surface area contributed by atoms with Gasteiger partial charge in [-0.3, -0.25) is 4.98 Å². The van der Waals surface area contributed by atoms with Gasteiger partial charge in [-0.15, -0.1) is 0 Å². The van der Waals surface area contributed by atoms with Gasteiger partial charge >= 0.3 is 0 Å². The molecule has 1 N–H and O–H groups in total. The maximum Gasteiger partial charge on any atom is 0.241 e. The third-order valence-electron chi connectivity index (χ3n) is 2.72. The van der Waals surface area contributed by atoms with Gasteiger partial charge in [-0.2, -0.15) is 0 Å². The molecule has 0 aliphatic heterocycles. The molecule has 1 heterocycles. The highest BCUT2D eigenvalue weighted by molar-refractivity contribution is 9.10. The highest BCUT2D eigenvalue weighted by atomic mass is 79.9. The molecule has 0 aliphatic rings. The van der Waals surface area contributed by atoms with Crippen molar-refractivity contribution in [1.29, 1.82) is 0 Å². The normalized spacial score (nSPS) is 13.2. The molecule has 20 heavy (non-hydrogen) atoms. The van der Waals surface area contributed by atoms with Gasteiger partial charge in [0.05, 0.1) is 9.37 Å². The van der Waals surface area contributed by atoms with Crippen LogP contribution in [0.3, 0.4) is 0 Å². The van der Waals surface area contributed by atoms with Gasteiger partial charge in [0.2, 0.25) is 10.0 Å². The van der Waals surface area contributed by atoms with Crippen LogP contribution in [0.25, 0.3) is 0 Å². The lowest BCUT2D eigenvalue weighted by atomic mass is 10.2. The van der Waals surface area contributed by atoms with Gasteiger partial charge in [0.15, 0.2) is 0 Å². The van der Waals surface area contributed by atoms with Crippen LogP contribution in [0, 0.1) is 5.82 Å². The topological polar surface area (TPSA) is 59.1 Å². The van der Waals surface area contributed by atoms with E-state index in [4.69, 9.17) is 0 Å². The fraction of sp³-hybridized carbons (Fsp3) is 0.154.